The summed E-state index contributed by atoms with van der Waals surface area (Å²) in [6.07, 6.45) is -2.85. The van der Waals surface area contributed by atoms with Gasteiger partial charge in [-0.2, -0.15) is 13.2 Å². The van der Waals surface area contributed by atoms with E-state index in [0.717, 1.165) is 12.1 Å². The minimum absolute atomic E-state index is 0.0176. The SMILES string of the molecule is CN(C)c1ncccc1NC(=O)c1ccc(-c2cccc(C(F)(F)F)c2)o1. The molecular formula is C19H16F3N3O2. The molecule has 0 aliphatic carbocycles. The van der Waals surface area contributed by atoms with Crippen LogP contribution in [0.25, 0.3) is 11.3 Å². The lowest BCUT2D eigenvalue weighted by Crippen LogP contribution is -2.17. The largest absolute Gasteiger partial charge is 0.451 e. The minimum atomic E-state index is -4.45. The van der Waals surface area contributed by atoms with E-state index in [-0.39, 0.29) is 17.1 Å². The molecule has 0 unspecified atom stereocenters. The number of alkyl halides is 3. The number of halogens is 3. The Labute approximate surface area is 153 Å². The highest BCUT2D eigenvalue weighted by Crippen LogP contribution is 2.32. The molecule has 1 aromatic carbocycles. The van der Waals surface area contributed by atoms with E-state index in [1.54, 1.807) is 37.3 Å². The molecule has 140 valence electrons. The fourth-order valence-corrected chi connectivity index (χ4v) is 2.50. The smallest absolute Gasteiger partial charge is 0.416 e. The van der Waals surface area contributed by atoms with E-state index in [1.807, 2.05) is 0 Å². The predicted octanol–water partition coefficient (Wildman–Crippen LogP) is 4.68. The lowest BCUT2D eigenvalue weighted by atomic mass is 10.1. The van der Waals surface area contributed by atoms with E-state index in [1.165, 1.54) is 24.3 Å². The van der Waals surface area contributed by atoms with Crippen LogP contribution < -0.4 is 10.2 Å². The van der Waals surface area contributed by atoms with Crippen molar-refractivity contribution in [3.05, 3.63) is 66.1 Å². The van der Waals surface area contributed by atoms with Crippen LogP contribution in [0.4, 0.5) is 24.7 Å². The summed E-state index contributed by atoms with van der Waals surface area (Å²) in [5.74, 6) is 0.195. The Bertz CT molecular complexity index is 965. The van der Waals surface area contributed by atoms with Gasteiger partial charge in [0.1, 0.15) is 5.76 Å². The topological polar surface area (TPSA) is 58.4 Å². The number of benzene rings is 1. The van der Waals surface area contributed by atoms with Crippen LogP contribution in [0.5, 0.6) is 0 Å². The fraction of sp³-hybridized carbons (Fsp3) is 0.158. The zero-order valence-corrected chi connectivity index (χ0v) is 14.5. The predicted molar refractivity (Wildman–Crippen MR) is 95.7 cm³/mol. The maximum atomic E-state index is 12.9. The van der Waals surface area contributed by atoms with Gasteiger partial charge in [0.25, 0.3) is 5.91 Å². The van der Waals surface area contributed by atoms with Crippen molar-refractivity contribution in [1.82, 2.24) is 4.98 Å². The molecule has 5 nitrogen and oxygen atoms in total. The first kappa shape index (κ1) is 18.5. The van der Waals surface area contributed by atoms with Crippen LogP contribution in [0.1, 0.15) is 16.1 Å². The van der Waals surface area contributed by atoms with Crippen molar-refractivity contribution in [2.24, 2.45) is 0 Å². The van der Waals surface area contributed by atoms with Gasteiger partial charge in [-0.15, -0.1) is 0 Å². The monoisotopic (exact) mass is 375 g/mol. The summed E-state index contributed by atoms with van der Waals surface area (Å²) >= 11 is 0. The summed E-state index contributed by atoms with van der Waals surface area (Å²) in [5.41, 5.74) is -0.0582. The number of nitrogens with zero attached hydrogens (tertiary/aromatic N) is 2. The Morgan fingerprint density at radius 3 is 2.59 bits per heavy atom. The van der Waals surface area contributed by atoms with Crippen molar-refractivity contribution in [1.29, 1.82) is 0 Å². The van der Waals surface area contributed by atoms with Crippen molar-refractivity contribution in [2.75, 3.05) is 24.3 Å². The molecule has 1 amide bonds. The molecule has 3 aromatic rings. The molecule has 3 rings (SSSR count). The molecule has 0 bridgehead atoms. The van der Waals surface area contributed by atoms with E-state index in [9.17, 15) is 18.0 Å². The molecule has 1 N–H and O–H groups in total. The highest BCUT2D eigenvalue weighted by molar-refractivity contribution is 6.04. The molecule has 2 aromatic heterocycles. The lowest BCUT2D eigenvalue weighted by molar-refractivity contribution is -0.137. The van der Waals surface area contributed by atoms with Gasteiger partial charge in [-0.25, -0.2) is 4.98 Å². The molecule has 0 aliphatic rings. The van der Waals surface area contributed by atoms with Crippen molar-refractivity contribution >= 4 is 17.4 Å². The zero-order valence-electron chi connectivity index (χ0n) is 14.5. The molecule has 0 atom stereocenters. The molecule has 0 spiro atoms. The number of nitrogens with one attached hydrogen (secondary N) is 1. The number of hydrogen-bond donors (Lipinski definition) is 1. The first-order valence-corrected chi connectivity index (χ1v) is 7.97. The van der Waals surface area contributed by atoms with Gasteiger partial charge in [-0.1, -0.05) is 12.1 Å². The number of hydrogen-bond acceptors (Lipinski definition) is 4. The second-order valence-electron chi connectivity index (χ2n) is 5.97. The van der Waals surface area contributed by atoms with Gasteiger partial charge in [0, 0.05) is 25.9 Å². The quantitative estimate of drug-likeness (QED) is 0.719. The molecule has 0 saturated heterocycles. The Kier molecular flexibility index (Phi) is 4.89. The normalized spacial score (nSPS) is 11.3. The molecule has 0 fully saturated rings. The Morgan fingerprint density at radius 1 is 1.11 bits per heavy atom. The van der Waals surface area contributed by atoms with Crippen LogP contribution in [0, 0.1) is 0 Å². The van der Waals surface area contributed by atoms with Crippen molar-refractivity contribution in [3.63, 3.8) is 0 Å². The van der Waals surface area contributed by atoms with Crippen molar-refractivity contribution < 1.29 is 22.4 Å². The number of rotatable bonds is 4. The number of amides is 1. The molecule has 0 aliphatic heterocycles. The van der Waals surface area contributed by atoms with Gasteiger partial charge < -0.3 is 14.6 Å². The maximum Gasteiger partial charge on any atom is 0.416 e. The third-order valence-corrected chi connectivity index (χ3v) is 3.76. The highest BCUT2D eigenvalue weighted by Gasteiger charge is 2.30. The second-order valence-corrected chi connectivity index (χ2v) is 5.97. The lowest BCUT2D eigenvalue weighted by Gasteiger charge is -2.15. The van der Waals surface area contributed by atoms with Crippen LogP contribution in [-0.4, -0.2) is 25.0 Å². The van der Waals surface area contributed by atoms with Gasteiger partial charge in [0.15, 0.2) is 11.6 Å². The summed E-state index contributed by atoms with van der Waals surface area (Å²) in [7, 11) is 3.58. The second kappa shape index (κ2) is 7.14. The van der Waals surface area contributed by atoms with E-state index in [4.69, 9.17) is 4.42 Å². The van der Waals surface area contributed by atoms with Gasteiger partial charge in [0.2, 0.25) is 0 Å². The van der Waals surface area contributed by atoms with E-state index in [0.29, 0.717) is 11.5 Å². The standard InChI is InChI=1S/C19H16F3N3O2/c1-25(2)17-14(7-4-10-23-17)24-18(26)16-9-8-15(27-16)12-5-3-6-13(11-12)19(20,21)22/h3-11H,1-2H3,(H,24,26). The number of carbonyl (C=O) groups excluding carboxylic acids is 1. The molecule has 0 radical (unpaired) electrons. The number of furan rings is 1. The van der Waals surface area contributed by atoms with Crippen LogP contribution >= 0.6 is 0 Å². The van der Waals surface area contributed by atoms with Crippen molar-refractivity contribution in [2.45, 2.75) is 6.18 Å². The minimum Gasteiger partial charge on any atom is -0.451 e. The first-order chi connectivity index (χ1) is 12.8. The van der Waals surface area contributed by atoms with Gasteiger partial charge >= 0.3 is 6.18 Å². The van der Waals surface area contributed by atoms with Crippen LogP contribution in [0.2, 0.25) is 0 Å². The average Bonchev–Trinajstić information content (AvgIpc) is 3.12. The maximum absolute atomic E-state index is 12.9. The number of carbonyl (C=O) groups is 1. The van der Waals surface area contributed by atoms with Gasteiger partial charge in [-0.05, 0) is 36.4 Å². The van der Waals surface area contributed by atoms with E-state index >= 15 is 0 Å². The molecule has 8 heteroatoms. The highest BCUT2D eigenvalue weighted by atomic mass is 19.4. The summed E-state index contributed by atoms with van der Waals surface area (Å²) in [6, 6.07) is 11.0. The summed E-state index contributed by atoms with van der Waals surface area (Å²) in [5, 5.41) is 2.69. The number of pyridine rings is 1. The summed E-state index contributed by atoms with van der Waals surface area (Å²) in [4.78, 5) is 18.4. The summed E-state index contributed by atoms with van der Waals surface area (Å²) < 4.78 is 44.0. The molecule has 0 saturated carbocycles. The zero-order chi connectivity index (χ0) is 19.6. The van der Waals surface area contributed by atoms with Crippen LogP contribution in [0.3, 0.4) is 0 Å². The first-order valence-electron chi connectivity index (χ1n) is 7.97. The Balaban J connectivity index is 1.83. The molecule has 27 heavy (non-hydrogen) atoms. The van der Waals surface area contributed by atoms with Gasteiger partial charge in [-0.3, -0.25) is 4.79 Å². The number of aromatic nitrogens is 1. The third kappa shape index (κ3) is 4.11. The molecule has 2 heterocycles. The number of anilines is 2. The van der Waals surface area contributed by atoms with Crippen LogP contribution in [-0.2, 0) is 6.18 Å². The van der Waals surface area contributed by atoms with E-state index < -0.39 is 17.6 Å². The Hall–Kier alpha value is -3.29. The molecular weight excluding hydrogens is 359 g/mol. The third-order valence-electron chi connectivity index (χ3n) is 3.76. The summed E-state index contributed by atoms with van der Waals surface area (Å²) in [6.45, 7) is 0. The fourth-order valence-electron chi connectivity index (χ4n) is 2.50. The van der Waals surface area contributed by atoms with Crippen LogP contribution in [0.15, 0.2) is 59.1 Å². The Morgan fingerprint density at radius 2 is 1.89 bits per heavy atom. The average molecular weight is 375 g/mol. The van der Waals surface area contributed by atoms with Crippen molar-refractivity contribution in [3.8, 4) is 11.3 Å². The van der Waals surface area contributed by atoms with E-state index in [2.05, 4.69) is 10.3 Å². The van der Waals surface area contributed by atoms with Gasteiger partial charge in [0.05, 0.1) is 11.3 Å².